The minimum atomic E-state index is -0.381. The zero-order valence-corrected chi connectivity index (χ0v) is 11.2. The van der Waals surface area contributed by atoms with Crippen molar-refractivity contribution in [2.45, 2.75) is 39.3 Å². The van der Waals surface area contributed by atoms with Gasteiger partial charge in [-0.2, -0.15) is 0 Å². The molecule has 4 heteroatoms. The Labute approximate surface area is 109 Å². The maximum Gasteiger partial charge on any atom is 0.237 e. The molecule has 1 atom stereocenters. The molecule has 96 valence electrons. The molecule has 1 rings (SSSR count). The van der Waals surface area contributed by atoms with Crippen molar-refractivity contribution in [3.63, 3.8) is 0 Å². The van der Waals surface area contributed by atoms with Crippen LogP contribution in [0.4, 0.5) is 0 Å². The van der Waals surface area contributed by atoms with Crippen LogP contribution < -0.4 is 11.1 Å². The molecule has 0 aliphatic carbocycles. The number of carbonyl (C=O) groups excluding carboxylic acids is 1. The van der Waals surface area contributed by atoms with Crippen LogP contribution in [0.2, 0.25) is 0 Å². The second kappa shape index (κ2) is 8.09. The van der Waals surface area contributed by atoms with Crippen LogP contribution in [0.25, 0.3) is 0 Å². The molecule has 3 nitrogen and oxygen atoms in total. The average Bonchev–Trinajstić information content (AvgIpc) is 2.28. The van der Waals surface area contributed by atoms with Gasteiger partial charge >= 0.3 is 0 Å². The van der Waals surface area contributed by atoms with Crippen LogP contribution in [0.1, 0.15) is 30.9 Å². The van der Waals surface area contributed by atoms with Crippen molar-refractivity contribution < 1.29 is 4.79 Å². The van der Waals surface area contributed by atoms with Gasteiger partial charge in [-0.15, -0.1) is 12.4 Å². The molecular formula is C13H21ClN2O. The fraction of sp³-hybridized carbons (Fsp3) is 0.462. The van der Waals surface area contributed by atoms with E-state index in [1.165, 1.54) is 5.56 Å². The molecule has 0 aromatic heterocycles. The molecule has 0 fully saturated rings. The Morgan fingerprint density at radius 1 is 1.41 bits per heavy atom. The molecule has 0 heterocycles. The van der Waals surface area contributed by atoms with E-state index >= 15 is 0 Å². The molecule has 0 saturated heterocycles. The molecular weight excluding hydrogens is 236 g/mol. The lowest BCUT2D eigenvalue weighted by atomic mass is 10.1. The Morgan fingerprint density at radius 3 is 2.65 bits per heavy atom. The van der Waals surface area contributed by atoms with E-state index in [1.54, 1.807) is 0 Å². The van der Waals surface area contributed by atoms with E-state index in [9.17, 15) is 4.79 Å². The van der Waals surface area contributed by atoms with E-state index in [0.717, 1.165) is 18.4 Å². The van der Waals surface area contributed by atoms with Crippen LogP contribution in [0.5, 0.6) is 0 Å². The molecule has 3 N–H and O–H groups in total. The lowest BCUT2D eigenvalue weighted by Crippen LogP contribution is -2.40. The predicted octanol–water partition coefficient (Wildman–Crippen LogP) is 2.16. The number of benzene rings is 1. The fourth-order valence-corrected chi connectivity index (χ4v) is 1.56. The van der Waals surface area contributed by atoms with E-state index < -0.39 is 0 Å². The van der Waals surface area contributed by atoms with Gasteiger partial charge in [-0.25, -0.2) is 0 Å². The lowest BCUT2D eigenvalue weighted by Gasteiger charge is -2.12. The third kappa shape index (κ3) is 5.20. The summed E-state index contributed by atoms with van der Waals surface area (Å²) in [6, 6.07) is 7.63. The molecule has 0 spiro atoms. The molecule has 1 aromatic carbocycles. The quantitative estimate of drug-likeness (QED) is 0.848. The molecule has 1 aromatic rings. The number of hydrogen-bond acceptors (Lipinski definition) is 2. The van der Waals surface area contributed by atoms with Gasteiger partial charge in [-0.3, -0.25) is 4.79 Å². The van der Waals surface area contributed by atoms with Crippen LogP contribution in [0.15, 0.2) is 24.3 Å². The zero-order chi connectivity index (χ0) is 12.0. The van der Waals surface area contributed by atoms with Gasteiger partial charge in [0.05, 0.1) is 6.04 Å². The van der Waals surface area contributed by atoms with Gasteiger partial charge < -0.3 is 11.1 Å². The summed E-state index contributed by atoms with van der Waals surface area (Å²) < 4.78 is 0. The topological polar surface area (TPSA) is 55.1 Å². The van der Waals surface area contributed by atoms with E-state index in [1.807, 2.05) is 38.1 Å². The molecule has 1 amide bonds. The summed E-state index contributed by atoms with van der Waals surface area (Å²) in [7, 11) is 0. The standard InChI is InChI=1S/C13H20N2O.ClH/c1-3-6-12(14)13(16)15-9-11-8-5-4-7-10(11)2;/h4-5,7-8,12H,3,6,9,14H2,1-2H3,(H,15,16);1H. The van der Waals surface area contributed by atoms with Crippen molar-refractivity contribution in [3.8, 4) is 0 Å². The van der Waals surface area contributed by atoms with Gasteiger partial charge in [0.15, 0.2) is 0 Å². The third-order valence-electron chi connectivity index (χ3n) is 2.65. The number of aryl methyl sites for hydroxylation is 1. The fourth-order valence-electron chi connectivity index (χ4n) is 1.56. The largest absolute Gasteiger partial charge is 0.351 e. The first-order valence-corrected chi connectivity index (χ1v) is 5.73. The van der Waals surface area contributed by atoms with E-state index in [0.29, 0.717) is 6.54 Å². The molecule has 0 aliphatic heterocycles. The van der Waals surface area contributed by atoms with Crippen LogP contribution in [0.3, 0.4) is 0 Å². The van der Waals surface area contributed by atoms with E-state index in [4.69, 9.17) is 5.73 Å². The zero-order valence-electron chi connectivity index (χ0n) is 10.4. The highest BCUT2D eigenvalue weighted by Crippen LogP contribution is 2.06. The molecule has 0 bridgehead atoms. The van der Waals surface area contributed by atoms with Gasteiger partial charge in [-0.05, 0) is 24.5 Å². The summed E-state index contributed by atoms with van der Waals surface area (Å²) in [5.41, 5.74) is 8.04. The number of nitrogens with two attached hydrogens (primary N) is 1. The molecule has 0 saturated carbocycles. The van der Waals surface area contributed by atoms with Crippen molar-refractivity contribution >= 4 is 18.3 Å². The SMILES string of the molecule is CCCC(N)C(=O)NCc1ccccc1C.Cl. The Kier molecular flexibility index (Phi) is 7.59. The minimum absolute atomic E-state index is 0. The summed E-state index contributed by atoms with van der Waals surface area (Å²) in [4.78, 5) is 11.6. The predicted molar refractivity (Wildman–Crippen MR) is 73.2 cm³/mol. The number of carbonyl (C=O) groups is 1. The number of halogens is 1. The monoisotopic (exact) mass is 256 g/mol. The highest BCUT2D eigenvalue weighted by molar-refractivity contribution is 5.85. The highest BCUT2D eigenvalue weighted by Gasteiger charge is 2.11. The Hall–Kier alpha value is -1.06. The van der Waals surface area contributed by atoms with E-state index in [-0.39, 0.29) is 24.4 Å². The molecule has 0 radical (unpaired) electrons. The average molecular weight is 257 g/mol. The maximum atomic E-state index is 11.6. The van der Waals surface area contributed by atoms with Gasteiger partial charge in [0.2, 0.25) is 5.91 Å². The summed E-state index contributed by atoms with van der Waals surface area (Å²) >= 11 is 0. The molecule has 0 aliphatic rings. The lowest BCUT2D eigenvalue weighted by molar-refractivity contribution is -0.122. The van der Waals surface area contributed by atoms with Crippen molar-refractivity contribution in [1.82, 2.24) is 5.32 Å². The first-order chi connectivity index (χ1) is 7.65. The maximum absolute atomic E-state index is 11.6. The first kappa shape index (κ1) is 15.9. The highest BCUT2D eigenvalue weighted by atomic mass is 35.5. The van der Waals surface area contributed by atoms with Gasteiger partial charge in [-0.1, -0.05) is 37.6 Å². The van der Waals surface area contributed by atoms with Gasteiger partial charge in [0.25, 0.3) is 0 Å². The molecule has 1 unspecified atom stereocenters. The number of nitrogens with one attached hydrogen (secondary N) is 1. The Morgan fingerprint density at radius 2 is 2.06 bits per heavy atom. The second-order valence-corrected chi connectivity index (χ2v) is 4.04. The van der Waals surface area contributed by atoms with Gasteiger partial charge in [0.1, 0.15) is 0 Å². The Bertz CT molecular complexity index is 355. The summed E-state index contributed by atoms with van der Waals surface area (Å²) in [5, 5.41) is 2.86. The van der Waals surface area contributed by atoms with Gasteiger partial charge in [0, 0.05) is 6.54 Å². The van der Waals surface area contributed by atoms with E-state index in [2.05, 4.69) is 5.32 Å². The number of hydrogen-bond donors (Lipinski definition) is 2. The van der Waals surface area contributed by atoms with Crippen LogP contribution in [-0.4, -0.2) is 11.9 Å². The smallest absolute Gasteiger partial charge is 0.237 e. The second-order valence-electron chi connectivity index (χ2n) is 4.04. The van der Waals surface area contributed by atoms with Crippen molar-refractivity contribution in [2.75, 3.05) is 0 Å². The first-order valence-electron chi connectivity index (χ1n) is 5.73. The summed E-state index contributed by atoms with van der Waals surface area (Å²) in [6.45, 7) is 4.62. The normalized spacial score (nSPS) is 11.5. The molecule has 17 heavy (non-hydrogen) atoms. The van der Waals surface area contributed by atoms with Crippen LogP contribution >= 0.6 is 12.4 Å². The number of rotatable bonds is 5. The Balaban J connectivity index is 0.00000256. The van der Waals surface area contributed by atoms with Crippen LogP contribution in [0, 0.1) is 6.92 Å². The van der Waals surface area contributed by atoms with Crippen molar-refractivity contribution in [2.24, 2.45) is 5.73 Å². The van der Waals surface area contributed by atoms with Crippen molar-refractivity contribution in [1.29, 1.82) is 0 Å². The minimum Gasteiger partial charge on any atom is -0.351 e. The van der Waals surface area contributed by atoms with Crippen molar-refractivity contribution in [3.05, 3.63) is 35.4 Å². The number of amides is 1. The summed E-state index contributed by atoms with van der Waals surface area (Å²) in [5.74, 6) is -0.0647. The van der Waals surface area contributed by atoms with Crippen LogP contribution in [-0.2, 0) is 11.3 Å². The summed E-state index contributed by atoms with van der Waals surface area (Å²) in [6.07, 6.45) is 1.67. The third-order valence-corrected chi connectivity index (χ3v) is 2.65.